The monoisotopic (exact) mass is 955 g/mol. The molecule has 0 saturated heterocycles. The Labute approximate surface area is 431 Å². The molecule has 0 radical (unpaired) electrons. The van der Waals surface area contributed by atoms with Crippen LogP contribution in [-0.2, 0) is 28.9 Å². The minimum Gasteiger partial charge on any atom is -0.399 e. The number of anilines is 1. The third-order valence-corrected chi connectivity index (χ3v) is 13.7. The number of hydrogen-bond donors (Lipinski definition) is 1. The Morgan fingerprint density at radius 1 is 0.371 bits per heavy atom. The molecule has 4 heteroatoms. The Kier molecular flexibility index (Phi) is 41.6. The van der Waals surface area contributed by atoms with Gasteiger partial charge in [-0.1, -0.05) is 310 Å². The second-order valence-corrected chi connectivity index (χ2v) is 20.3. The molecular weight excluding hydrogens is 853 g/mol. The van der Waals surface area contributed by atoms with E-state index in [1.54, 1.807) is 6.08 Å². The van der Waals surface area contributed by atoms with Crippen LogP contribution in [0.1, 0.15) is 260 Å². The van der Waals surface area contributed by atoms with Gasteiger partial charge in [0.25, 0.3) is 0 Å². The normalized spacial score (nSPS) is 10.7. The van der Waals surface area contributed by atoms with E-state index in [4.69, 9.17) is 5.73 Å². The average Bonchev–Trinajstić information content (AvgIpc) is 3.38. The molecule has 4 nitrogen and oxygen atoms in total. The molecule has 0 aliphatic rings. The van der Waals surface area contributed by atoms with Gasteiger partial charge in [0.2, 0.25) is 6.08 Å². The fourth-order valence-corrected chi connectivity index (χ4v) is 9.22. The van der Waals surface area contributed by atoms with Crippen molar-refractivity contribution in [3.05, 3.63) is 137 Å². The molecule has 0 bridgehead atoms. The predicted octanol–water partition coefficient (Wildman–Crippen LogP) is 19.9. The molecular formula is C66H102N2O2. The second kappa shape index (κ2) is 47.1. The van der Waals surface area contributed by atoms with Gasteiger partial charge >= 0.3 is 0 Å². The van der Waals surface area contributed by atoms with E-state index in [0.29, 0.717) is 18.7 Å². The molecule has 0 unspecified atom stereocenters. The maximum atomic E-state index is 12.3. The Morgan fingerprint density at radius 2 is 0.657 bits per heavy atom. The van der Waals surface area contributed by atoms with E-state index in [1.807, 2.05) is 18.2 Å². The largest absolute Gasteiger partial charge is 0.399 e. The summed E-state index contributed by atoms with van der Waals surface area (Å²) in [5.41, 5.74) is 12.9. The Bertz CT molecular complexity index is 1760. The topological polar surface area (TPSA) is 72.5 Å². The van der Waals surface area contributed by atoms with E-state index in [2.05, 4.69) is 110 Å². The molecule has 0 aliphatic heterocycles. The number of carbonyl (C=O) groups excluding carboxylic acids is 2. The smallest absolute Gasteiger partial charge is 0.234 e. The van der Waals surface area contributed by atoms with Crippen LogP contribution in [0.5, 0.6) is 0 Å². The van der Waals surface area contributed by atoms with Gasteiger partial charge in [-0.05, 0) is 65.6 Å². The Hall–Kier alpha value is -4.27. The lowest BCUT2D eigenvalue weighted by Crippen LogP contribution is -2.02. The van der Waals surface area contributed by atoms with Crippen LogP contribution in [0.15, 0.2) is 114 Å². The van der Waals surface area contributed by atoms with E-state index in [-0.39, 0.29) is 0 Å². The molecule has 0 atom stereocenters. The summed E-state index contributed by atoms with van der Waals surface area (Å²) in [7, 11) is 0. The fraction of sp³-hybridized carbons (Fsp3) is 0.606. The zero-order valence-electron chi connectivity index (χ0n) is 45.1. The van der Waals surface area contributed by atoms with Crippen molar-refractivity contribution < 1.29 is 9.59 Å². The predicted molar refractivity (Wildman–Crippen MR) is 306 cm³/mol. The summed E-state index contributed by atoms with van der Waals surface area (Å²) in [6, 6.07) is 37.6. The lowest BCUT2D eigenvalue weighted by atomic mass is 10.00. The highest BCUT2D eigenvalue weighted by Crippen LogP contribution is 2.18. The molecule has 0 heterocycles. The van der Waals surface area contributed by atoms with Crippen LogP contribution in [0.4, 0.5) is 5.69 Å². The van der Waals surface area contributed by atoms with Gasteiger partial charge in [-0.25, -0.2) is 9.79 Å². The lowest BCUT2D eigenvalue weighted by molar-refractivity contribution is -0.118. The number of ketones is 1. The number of Topliss-reactive ketones (excluding diaryl/α,β-unsaturated/α-hetero) is 1. The maximum Gasteiger partial charge on any atom is 0.234 e. The lowest BCUT2D eigenvalue weighted by Gasteiger charge is -2.05. The summed E-state index contributed by atoms with van der Waals surface area (Å²) in [6.07, 6.45) is 50.3. The number of unbranched alkanes of at least 4 members (excludes halogenated alkanes) is 31. The summed E-state index contributed by atoms with van der Waals surface area (Å²) in [5, 5.41) is 0. The van der Waals surface area contributed by atoms with Crippen molar-refractivity contribution in [2.24, 2.45) is 4.99 Å². The highest BCUT2D eigenvalue weighted by atomic mass is 16.1. The molecule has 0 fully saturated rings. The van der Waals surface area contributed by atoms with E-state index in [9.17, 15) is 9.59 Å². The first kappa shape index (κ1) is 61.8. The molecule has 0 spiro atoms. The van der Waals surface area contributed by atoms with E-state index in [1.165, 1.54) is 221 Å². The highest BCUT2D eigenvalue weighted by Gasteiger charge is 2.05. The van der Waals surface area contributed by atoms with Crippen molar-refractivity contribution in [2.75, 3.05) is 12.3 Å². The van der Waals surface area contributed by atoms with Crippen LogP contribution in [-0.4, -0.2) is 18.4 Å². The minimum absolute atomic E-state index is 0.391. The van der Waals surface area contributed by atoms with Gasteiger partial charge in [0.05, 0.1) is 6.54 Å². The van der Waals surface area contributed by atoms with Crippen LogP contribution in [0.3, 0.4) is 0 Å². The zero-order chi connectivity index (χ0) is 50.1. The standard InChI is InChI=1S/C34H52O.C19H37NO.C13H13N/c1-2-3-4-5-6-7-8-9-10-11-12-13-14-15-16-17-21-24-34(35)30-33-27-25-32(26-28-33)29-31-22-19-18-20-23-31;1-2-3-4-5-6-7-8-9-10-11-12-13-14-15-16-17-18-20-19-21;14-13-8-6-12(7-9-13)10-11-4-2-1-3-5-11/h18-20,22-23,25-28H,2-17,21,24,29-30H2,1H3;2-18H2,1H3;1-9H,10,14H2. The highest BCUT2D eigenvalue weighted by molar-refractivity contribution is 5.80. The maximum absolute atomic E-state index is 12.3. The van der Waals surface area contributed by atoms with Gasteiger partial charge in [-0.15, -0.1) is 0 Å². The van der Waals surface area contributed by atoms with Crippen LogP contribution in [0.2, 0.25) is 0 Å². The van der Waals surface area contributed by atoms with Gasteiger partial charge in [0.1, 0.15) is 5.78 Å². The molecule has 388 valence electrons. The number of aliphatic imine (C=N–C) groups is 1. The third-order valence-electron chi connectivity index (χ3n) is 13.7. The van der Waals surface area contributed by atoms with Gasteiger partial charge in [0, 0.05) is 18.5 Å². The van der Waals surface area contributed by atoms with Crippen LogP contribution < -0.4 is 5.73 Å². The molecule has 70 heavy (non-hydrogen) atoms. The van der Waals surface area contributed by atoms with Crippen LogP contribution in [0.25, 0.3) is 0 Å². The SMILES string of the molecule is CCCCCCCCCCCCCCCCCCCC(=O)Cc1ccc(Cc2ccccc2)cc1.CCCCCCCCCCCCCCCCCCN=C=O.Nc1ccc(Cc2ccccc2)cc1. The molecule has 0 aromatic heterocycles. The quantitative estimate of drug-likeness (QED) is 0.0208. The Morgan fingerprint density at radius 3 is 1.00 bits per heavy atom. The van der Waals surface area contributed by atoms with Crippen molar-refractivity contribution in [3.8, 4) is 0 Å². The third kappa shape index (κ3) is 38.5. The van der Waals surface area contributed by atoms with Crippen LogP contribution in [0, 0.1) is 0 Å². The molecule has 0 amide bonds. The summed E-state index contributed by atoms with van der Waals surface area (Å²) < 4.78 is 0. The number of isocyanates is 1. The number of benzene rings is 4. The van der Waals surface area contributed by atoms with Crippen LogP contribution >= 0.6 is 0 Å². The second-order valence-electron chi connectivity index (χ2n) is 20.3. The van der Waals surface area contributed by atoms with E-state index >= 15 is 0 Å². The van der Waals surface area contributed by atoms with E-state index in [0.717, 1.165) is 43.4 Å². The summed E-state index contributed by atoms with van der Waals surface area (Å²) in [4.78, 5) is 25.8. The molecule has 4 rings (SSSR count). The minimum atomic E-state index is 0.391. The van der Waals surface area contributed by atoms with Gasteiger partial charge in [0.15, 0.2) is 0 Å². The van der Waals surface area contributed by atoms with E-state index < -0.39 is 0 Å². The molecule has 0 aliphatic carbocycles. The number of nitrogen functional groups attached to an aromatic ring is 1. The average molecular weight is 956 g/mol. The number of rotatable bonds is 41. The zero-order valence-corrected chi connectivity index (χ0v) is 45.1. The first-order chi connectivity index (χ1) is 34.5. The molecule has 4 aromatic carbocycles. The molecule has 2 N–H and O–H groups in total. The van der Waals surface area contributed by atoms with Crippen molar-refractivity contribution >= 4 is 17.6 Å². The summed E-state index contributed by atoms with van der Waals surface area (Å²) in [5.74, 6) is 0.391. The summed E-state index contributed by atoms with van der Waals surface area (Å²) >= 11 is 0. The number of hydrogen-bond acceptors (Lipinski definition) is 4. The van der Waals surface area contributed by atoms with Crippen molar-refractivity contribution in [2.45, 2.75) is 251 Å². The fourth-order valence-electron chi connectivity index (χ4n) is 9.22. The van der Waals surface area contributed by atoms with Gasteiger partial charge in [-0.2, -0.15) is 0 Å². The van der Waals surface area contributed by atoms with Crippen molar-refractivity contribution in [1.82, 2.24) is 0 Å². The number of nitrogens with two attached hydrogens (primary N) is 1. The first-order valence-electron chi connectivity index (χ1n) is 29.1. The molecule has 0 saturated carbocycles. The van der Waals surface area contributed by atoms with Gasteiger partial charge < -0.3 is 5.73 Å². The molecule has 4 aromatic rings. The summed E-state index contributed by atoms with van der Waals surface area (Å²) in [6.45, 7) is 5.24. The number of nitrogens with zero attached hydrogens (tertiary/aromatic N) is 1. The van der Waals surface area contributed by atoms with Gasteiger partial charge in [-0.3, -0.25) is 4.79 Å². The Balaban J connectivity index is 0.000000403. The van der Waals surface area contributed by atoms with Crippen molar-refractivity contribution in [3.63, 3.8) is 0 Å². The number of carbonyl (C=O) groups is 1. The first-order valence-corrected chi connectivity index (χ1v) is 29.1. The van der Waals surface area contributed by atoms with Crippen molar-refractivity contribution in [1.29, 1.82) is 0 Å².